The summed E-state index contributed by atoms with van der Waals surface area (Å²) in [6.07, 6.45) is 19.6. The zero-order valence-electron chi connectivity index (χ0n) is 14.3. The standard InChI is InChI=1S/C19H34N2O/c1-17(22)11-9-7-5-3-2-4-6-8-10-15-21-16-14-20-19(21)18-12-13-18/h14,16-18,22H,2-13,15H2,1H3. The molecule has 1 aliphatic carbocycles. The summed E-state index contributed by atoms with van der Waals surface area (Å²) >= 11 is 0. The van der Waals surface area contributed by atoms with E-state index in [1.165, 1.54) is 76.5 Å². The van der Waals surface area contributed by atoms with Crippen LogP contribution in [0.1, 0.15) is 95.7 Å². The quantitative estimate of drug-likeness (QED) is 0.518. The number of rotatable bonds is 13. The van der Waals surface area contributed by atoms with Crippen LogP contribution in [0.15, 0.2) is 12.4 Å². The minimum atomic E-state index is -0.115. The number of aliphatic hydroxyl groups is 1. The highest BCUT2D eigenvalue weighted by atomic mass is 16.3. The highest BCUT2D eigenvalue weighted by Gasteiger charge is 2.27. The van der Waals surface area contributed by atoms with Crippen molar-refractivity contribution in [1.29, 1.82) is 0 Å². The maximum Gasteiger partial charge on any atom is 0.111 e. The van der Waals surface area contributed by atoms with E-state index in [2.05, 4.69) is 15.7 Å². The van der Waals surface area contributed by atoms with Crippen LogP contribution in [0, 0.1) is 0 Å². The van der Waals surface area contributed by atoms with E-state index in [9.17, 15) is 5.11 Å². The highest BCUT2D eigenvalue weighted by Crippen LogP contribution is 2.39. The summed E-state index contributed by atoms with van der Waals surface area (Å²) < 4.78 is 2.37. The summed E-state index contributed by atoms with van der Waals surface area (Å²) in [7, 11) is 0. The predicted octanol–water partition coefficient (Wildman–Crippen LogP) is 5.04. The van der Waals surface area contributed by atoms with Crippen molar-refractivity contribution in [2.24, 2.45) is 0 Å². The third-order valence-electron chi connectivity index (χ3n) is 4.71. The summed E-state index contributed by atoms with van der Waals surface area (Å²) in [6.45, 7) is 3.04. The molecular formula is C19H34N2O. The first-order valence-electron chi connectivity index (χ1n) is 9.46. The molecule has 2 rings (SSSR count). The molecule has 0 aromatic carbocycles. The average Bonchev–Trinajstić information content (AvgIpc) is 3.23. The first-order valence-corrected chi connectivity index (χ1v) is 9.46. The van der Waals surface area contributed by atoms with Crippen LogP contribution in [0.3, 0.4) is 0 Å². The summed E-state index contributed by atoms with van der Waals surface area (Å²) in [5, 5.41) is 9.19. The Kier molecular flexibility index (Phi) is 8.00. The molecule has 1 saturated carbocycles. The smallest absolute Gasteiger partial charge is 0.111 e. The topological polar surface area (TPSA) is 38.0 Å². The molecule has 0 aliphatic heterocycles. The van der Waals surface area contributed by atoms with Gasteiger partial charge in [-0.05, 0) is 32.6 Å². The average molecular weight is 306 g/mol. The van der Waals surface area contributed by atoms with E-state index < -0.39 is 0 Å². The van der Waals surface area contributed by atoms with E-state index >= 15 is 0 Å². The van der Waals surface area contributed by atoms with Gasteiger partial charge in [0.05, 0.1) is 6.10 Å². The molecule has 1 atom stereocenters. The molecule has 0 amide bonds. The Morgan fingerprint density at radius 3 is 2.23 bits per heavy atom. The van der Waals surface area contributed by atoms with E-state index in [4.69, 9.17) is 0 Å². The largest absolute Gasteiger partial charge is 0.393 e. The molecule has 1 aromatic heterocycles. The highest BCUT2D eigenvalue weighted by molar-refractivity contribution is 5.07. The fourth-order valence-electron chi connectivity index (χ4n) is 3.17. The van der Waals surface area contributed by atoms with Gasteiger partial charge in [0, 0.05) is 24.9 Å². The van der Waals surface area contributed by atoms with Crippen LogP contribution in [-0.2, 0) is 6.54 Å². The van der Waals surface area contributed by atoms with E-state index in [1.807, 2.05) is 13.1 Å². The lowest BCUT2D eigenvalue weighted by Gasteiger charge is -2.07. The van der Waals surface area contributed by atoms with E-state index in [1.54, 1.807) is 0 Å². The van der Waals surface area contributed by atoms with Gasteiger partial charge in [0.2, 0.25) is 0 Å². The van der Waals surface area contributed by atoms with Crippen LogP contribution in [-0.4, -0.2) is 20.8 Å². The van der Waals surface area contributed by atoms with Crippen LogP contribution in [0.5, 0.6) is 0 Å². The van der Waals surface area contributed by atoms with Gasteiger partial charge >= 0.3 is 0 Å². The SMILES string of the molecule is CC(O)CCCCCCCCCCCn1ccnc1C1CC1. The number of hydrogen-bond acceptors (Lipinski definition) is 2. The Labute approximate surface area is 136 Å². The van der Waals surface area contributed by atoms with Gasteiger partial charge in [-0.1, -0.05) is 51.4 Å². The van der Waals surface area contributed by atoms with Crippen LogP contribution in [0.25, 0.3) is 0 Å². The third kappa shape index (κ3) is 6.95. The number of aryl methyl sites for hydroxylation is 1. The first kappa shape index (κ1) is 17.5. The third-order valence-corrected chi connectivity index (χ3v) is 4.71. The second kappa shape index (κ2) is 10.0. The van der Waals surface area contributed by atoms with Crippen LogP contribution < -0.4 is 0 Å². The van der Waals surface area contributed by atoms with Gasteiger partial charge in [-0.3, -0.25) is 0 Å². The maximum absolute atomic E-state index is 9.19. The molecule has 0 spiro atoms. The fourth-order valence-corrected chi connectivity index (χ4v) is 3.17. The van der Waals surface area contributed by atoms with Crippen molar-refractivity contribution in [3.8, 4) is 0 Å². The molecule has 0 bridgehead atoms. The Bertz CT molecular complexity index is 396. The molecule has 1 aromatic rings. The molecule has 0 saturated heterocycles. The summed E-state index contributed by atoms with van der Waals surface area (Å²) in [5.41, 5.74) is 0. The van der Waals surface area contributed by atoms with Gasteiger partial charge in [-0.15, -0.1) is 0 Å². The second-order valence-electron chi connectivity index (χ2n) is 7.07. The molecule has 3 nitrogen and oxygen atoms in total. The van der Waals surface area contributed by atoms with Crippen LogP contribution in [0.4, 0.5) is 0 Å². The van der Waals surface area contributed by atoms with Gasteiger partial charge in [-0.2, -0.15) is 0 Å². The number of nitrogens with zero attached hydrogens (tertiary/aromatic N) is 2. The zero-order valence-corrected chi connectivity index (χ0v) is 14.3. The first-order chi connectivity index (χ1) is 10.8. The fraction of sp³-hybridized carbons (Fsp3) is 0.842. The molecule has 1 N–H and O–H groups in total. The van der Waals surface area contributed by atoms with Gasteiger partial charge in [0.25, 0.3) is 0 Å². The summed E-state index contributed by atoms with van der Waals surface area (Å²) in [6, 6.07) is 0. The Hall–Kier alpha value is -0.830. The maximum atomic E-state index is 9.19. The van der Waals surface area contributed by atoms with Gasteiger partial charge in [-0.25, -0.2) is 4.98 Å². The lowest BCUT2D eigenvalue weighted by atomic mass is 10.1. The normalized spacial score (nSPS) is 16.1. The minimum Gasteiger partial charge on any atom is -0.393 e. The van der Waals surface area contributed by atoms with Gasteiger partial charge in [0.1, 0.15) is 5.82 Å². The summed E-state index contributed by atoms with van der Waals surface area (Å²) in [5.74, 6) is 2.10. The second-order valence-corrected chi connectivity index (χ2v) is 7.07. The summed E-state index contributed by atoms with van der Waals surface area (Å²) in [4.78, 5) is 4.50. The Balaban J connectivity index is 1.38. The van der Waals surface area contributed by atoms with E-state index in [0.717, 1.165) is 18.9 Å². The Morgan fingerprint density at radius 1 is 1.05 bits per heavy atom. The van der Waals surface area contributed by atoms with Crippen molar-refractivity contribution in [2.75, 3.05) is 0 Å². The number of aromatic nitrogens is 2. The number of imidazole rings is 1. The molecule has 1 unspecified atom stereocenters. The Morgan fingerprint density at radius 2 is 1.64 bits per heavy atom. The molecule has 126 valence electrons. The van der Waals surface area contributed by atoms with Crippen molar-refractivity contribution < 1.29 is 5.11 Å². The number of aliphatic hydroxyl groups excluding tert-OH is 1. The lowest BCUT2D eigenvalue weighted by Crippen LogP contribution is -2.01. The molecule has 3 heteroatoms. The molecule has 0 radical (unpaired) electrons. The van der Waals surface area contributed by atoms with E-state index in [0.29, 0.717) is 0 Å². The molecular weight excluding hydrogens is 272 g/mol. The predicted molar refractivity (Wildman–Crippen MR) is 92.1 cm³/mol. The lowest BCUT2D eigenvalue weighted by molar-refractivity contribution is 0.180. The van der Waals surface area contributed by atoms with Gasteiger partial charge in [0.15, 0.2) is 0 Å². The molecule has 1 fully saturated rings. The molecule has 1 aliphatic rings. The van der Waals surface area contributed by atoms with Crippen LogP contribution >= 0.6 is 0 Å². The van der Waals surface area contributed by atoms with E-state index in [-0.39, 0.29) is 6.10 Å². The van der Waals surface area contributed by atoms with Crippen LogP contribution in [0.2, 0.25) is 0 Å². The van der Waals surface area contributed by atoms with Crippen molar-refractivity contribution >= 4 is 0 Å². The minimum absolute atomic E-state index is 0.115. The van der Waals surface area contributed by atoms with Crippen molar-refractivity contribution in [1.82, 2.24) is 9.55 Å². The van der Waals surface area contributed by atoms with Crippen molar-refractivity contribution in [3.63, 3.8) is 0 Å². The van der Waals surface area contributed by atoms with Crippen molar-refractivity contribution in [3.05, 3.63) is 18.2 Å². The molecule has 1 heterocycles. The van der Waals surface area contributed by atoms with Gasteiger partial charge < -0.3 is 9.67 Å². The number of hydrogen-bond donors (Lipinski definition) is 1. The zero-order chi connectivity index (χ0) is 15.6. The van der Waals surface area contributed by atoms with Crippen molar-refractivity contribution in [2.45, 2.75) is 103 Å². The number of unbranched alkanes of at least 4 members (excludes halogenated alkanes) is 8. The molecule has 22 heavy (non-hydrogen) atoms. The monoisotopic (exact) mass is 306 g/mol.